The van der Waals surface area contributed by atoms with Crippen molar-refractivity contribution >= 4 is 44.6 Å². The van der Waals surface area contributed by atoms with E-state index >= 15 is 0 Å². The Bertz CT molecular complexity index is 1210. The molecule has 0 saturated carbocycles. The van der Waals surface area contributed by atoms with Crippen molar-refractivity contribution < 1.29 is 4.79 Å². The minimum absolute atomic E-state index is 0.147. The average molecular weight is 475 g/mol. The van der Waals surface area contributed by atoms with Gasteiger partial charge in [-0.15, -0.1) is 0 Å². The normalized spacial score (nSPS) is 11.2. The van der Waals surface area contributed by atoms with E-state index < -0.39 is 0 Å². The molecule has 0 fully saturated rings. The van der Waals surface area contributed by atoms with Crippen LogP contribution >= 0.6 is 15.9 Å². The van der Waals surface area contributed by atoms with Crippen LogP contribution in [-0.4, -0.2) is 23.2 Å². The summed E-state index contributed by atoms with van der Waals surface area (Å²) in [4.78, 5) is 12.1. The predicted molar refractivity (Wildman–Crippen MR) is 131 cm³/mol. The number of hydrogen-bond acceptors (Lipinski definition) is 3. The number of nitrogens with zero attached hydrogens (tertiary/aromatic N) is 2. The molecule has 3 aromatic carbocycles. The maximum absolute atomic E-state index is 12.1. The van der Waals surface area contributed by atoms with Gasteiger partial charge in [-0.25, -0.2) is 5.43 Å². The first-order valence-corrected chi connectivity index (χ1v) is 10.8. The van der Waals surface area contributed by atoms with Crippen LogP contribution in [0.2, 0.25) is 0 Å². The van der Waals surface area contributed by atoms with Gasteiger partial charge in [-0.2, -0.15) is 5.10 Å². The lowest BCUT2D eigenvalue weighted by molar-refractivity contribution is -0.119. The van der Waals surface area contributed by atoms with E-state index in [9.17, 15) is 4.79 Å². The fourth-order valence-electron chi connectivity index (χ4n) is 3.36. The Morgan fingerprint density at radius 1 is 1.03 bits per heavy atom. The topological polar surface area (TPSA) is 58.4 Å². The minimum atomic E-state index is -0.206. The SMILES string of the molecule is Cc1ccc(Cn2cc(/C=N\NC(=O)CNc3ccc(Br)cc3)c3ccccc32)cc1. The Morgan fingerprint density at radius 3 is 2.55 bits per heavy atom. The summed E-state index contributed by atoms with van der Waals surface area (Å²) in [7, 11) is 0. The molecule has 1 aromatic heterocycles. The van der Waals surface area contributed by atoms with Crippen LogP contribution in [0.25, 0.3) is 10.9 Å². The van der Waals surface area contributed by atoms with Crippen molar-refractivity contribution in [3.8, 4) is 0 Å². The fourth-order valence-corrected chi connectivity index (χ4v) is 3.63. The summed E-state index contributed by atoms with van der Waals surface area (Å²) in [6, 6.07) is 24.4. The number of anilines is 1. The van der Waals surface area contributed by atoms with Crippen LogP contribution < -0.4 is 10.7 Å². The number of aromatic nitrogens is 1. The molecule has 0 unspecified atom stereocenters. The number of carbonyl (C=O) groups is 1. The zero-order valence-corrected chi connectivity index (χ0v) is 18.8. The lowest BCUT2D eigenvalue weighted by atomic mass is 10.1. The quantitative estimate of drug-likeness (QED) is 0.281. The lowest BCUT2D eigenvalue weighted by Gasteiger charge is -2.06. The summed E-state index contributed by atoms with van der Waals surface area (Å²) in [5.41, 5.74) is 8.05. The number of rotatable bonds is 7. The van der Waals surface area contributed by atoms with Gasteiger partial charge in [0.2, 0.25) is 0 Å². The first kappa shape index (κ1) is 20.9. The van der Waals surface area contributed by atoms with Crippen molar-refractivity contribution in [2.75, 3.05) is 11.9 Å². The molecule has 6 heteroatoms. The summed E-state index contributed by atoms with van der Waals surface area (Å²) in [5.74, 6) is -0.206. The van der Waals surface area contributed by atoms with Crippen LogP contribution in [0.15, 0.2) is 88.6 Å². The van der Waals surface area contributed by atoms with E-state index in [2.05, 4.69) is 85.9 Å². The molecule has 5 nitrogen and oxygen atoms in total. The van der Waals surface area contributed by atoms with Crippen molar-refractivity contribution in [1.29, 1.82) is 0 Å². The molecular weight excluding hydrogens is 452 g/mol. The van der Waals surface area contributed by atoms with Gasteiger partial charge in [0.15, 0.2) is 0 Å². The molecule has 31 heavy (non-hydrogen) atoms. The van der Waals surface area contributed by atoms with Crippen molar-refractivity contribution in [2.45, 2.75) is 13.5 Å². The van der Waals surface area contributed by atoms with Gasteiger partial charge in [-0.3, -0.25) is 4.79 Å². The van der Waals surface area contributed by atoms with Crippen LogP contribution in [0.4, 0.5) is 5.69 Å². The molecule has 1 amide bonds. The Kier molecular flexibility index (Phi) is 6.48. The van der Waals surface area contributed by atoms with E-state index in [1.807, 2.05) is 36.4 Å². The number of aryl methyl sites for hydroxylation is 1. The van der Waals surface area contributed by atoms with Crippen molar-refractivity contribution in [3.63, 3.8) is 0 Å². The Hall–Kier alpha value is -3.38. The molecule has 0 spiro atoms. The zero-order valence-electron chi connectivity index (χ0n) is 17.2. The van der Waals surface area contributed by atoms with E-state index in [1.165, 1.54) is 11.1 Å². The average Bonchev–Trinajstić information content (AvgIpc) is 3.12. The van der Waals surface area contributed by atoms with E-state index in [0.29, 0.717) is 0 Å². The van der Waals surface area contributed by atoms with Gasteiger partial charge in [-0.1, -0.05) is 64.0 Å². The first-order valence-electron chi connectivity index (χ1n) is 10.0. The summed E-state index contributed by atoms with van der Waals surface area (Å²) in [6.45, 7) is 3.01. The molecule has 0 aliphatic carbocycles. The molecule has 2 N–H and O–H groups in total. The standard InChI is InChI=1S/C25H23BrN4O/c1-18-6-8-19(9-7-18)16-30-17-20(23-4-2-3-5-24(23)30)14-28-29-25(31)15-27-22-12-10-21(26)11-13-22/h2-14,17,27H,15-16H2,1H3,(H,29,31)/b28-14-. The van der Waals surface area contributed by atoms with E-state index in [4.69, 9.17) is 0 Å². The predicted octanol–water partition coefficient (Wildman–Crippen LogP) is 5.32. The van der Waals surface area contributed by atoms with Crippen molar-refractivity contribution in [3.05, 3.63) is 100 Å². The van der Waals surface area contributed by atoms with Crippen molar-refractivity contribution in [2.24, 2.45) is 5.10 Å². The summed E-state index contributed by atoms with van der Waals surface area (Å²) >= 11 is 3.39. The van der Waals surface area contributed by atoms with Gasteiger partial charge in [0.25, 0.3) is 5.91 Å². The number of nitrogens with one attached hydrogen (secondary N) is 2. The third-order valence-electron chi connectivity index (χ3n) is 4.98. The molecule has 1 heterocycles. The largest absolute Gasteiger partial charge is 0.376 e. The number of halogens is 1. The van der Waals surface area contributed by atoms with Crippen LogP contribution in [0, 0.1) is 6.92 Å². The lowest BCUT2D eigenvalue weighted by Crippen LogP contribution is -2.25. The third kappa shape index (κ3) is 5.41. The maximum Gasteiger partial charge on any atom is 0.259 e. The number of carbonyl (C=O) groups excluding carboxylic acids is 1. The Balaban J connectivity index is 1.42. The minimum Gasteiger partial charge on any atom is -0.376 e. The zero-order chi connectivity index (χ0) is 21.6. The summed E-state index contributed by atoms with van der Waals surface area (Å²) < 4.78 is 3.20. The second-order valence-electron chi connectivity index (χ2n) is 7.37. The molecule has 0 bridgehead atoms. The molecular formula is C25H23BrN4O. The van der Waals surface area contributed by atoms with Gasteiger partial charge < -0.3 is 9.88 Å². The molecule has 0 aliphatic rings. The number of amides is 1. The highest BCUT2D eigenvalue weighted by molar-refractivity contribution is 9.10. The molecule has 0 radical (unpaired) electrons. The molecule has 4 aromatic rings. The van der Waals surface area contributed by atoms with Crippen LogP contribution in [0.5, 0.6) is 0 Å². The van der Waals surface area contributed by atoms with Crippen LogP contribution in [0.1, 0.15) is 16.7 Å². The highest BCUT2D eigenvalue weighted by atomic mass is 79.9. The van der Waals surface area contributed by atoms with Crippen LogP contribution in [-0.2, 0) is 11.3 Å². The van der Waals surface area contributed by atoms with Gasteiger partial charge in [-0.05, 0) is 42.8 Å². The number of hydrazone groups is 1. The molecule has 156 valence electrons. The monoisotopic (exact) mass is 474 g/mol. The second-order valence-corrected chi connectivity index (χ2v) is 8.28. The van der Waals surface area contributed by atoms with E-state index in [1.54, 1.807) is 6.21 Å². The number of para-hydroxylation sites is 1. The van der Waals surface area contributed by atoms with E-state index in [-0.39, 0.29) is 12.5 Å². The first-order chi connectivity index (χ1) is 15.1. The molecule has 0 saturated heterocycles. The molecule has 4 rings (SSSR count). The van der Waals surface area contributed by atoms with E-state index in [0.717, 1.165) is 33.2 Å². The highest BCUT2D eigenvalue weighted by Gasteiger charge is 2.07. The fraction of sp³-hybridized carbons (Fsp3) is 0.120. The van der Waals surface area contributed by atoms with Gasteiger partial charge in [0.05, 0.1) is 12.8 Å². The van der Waals surface area contributed by atoms with Gasteiger partial charge in [0, 0.05) is 39.4 Å². The number of benzene rings is 3. The second kappa shape index (κ2) is 9.62. The van der Waals surface area contributed by atoms with Gasteiger partial charge in [0.1, 0.15) is 0 Å². The Labute approximate surface area is 189 Å². The summed E-state index contributed by atoms with van der Waals surface area (Å²) in [6.07, 6.45) is 3.77. The third-order valence-corrected chi connectivity index (χ3v) is 5.51. The summed E-state index contributed by atoms with van der Waals surface area (Å²) in [5, 5.41) is 8.34. The maximum atomic E-state index is 12.1. The smallest absolute Gasteiger partial charge is 0.259 e. The number of fused-ring (bicyclic) bond motifs is 1. The van der Waals surface area contributed by atoms with Crippen molar-refractivity contribution in [1.82, 2.24) is 9.99 Å². The molecule has 0 atom stereocenters. The number of hydrogen-bond donors (Lipinski definition) is 2. The Morgan fingerprint density at radius 2 is 1.77 bits per heavy atom. The molecule has 0 aliphatic heterocycles. The van der Waals surface area contributed by atoms with Gasteiger partial charge >= 0.3 is 0 Å². The highest BCUT2D eigenvalue weighted by Crippen LogP contribution is 2.21. The van der Waals surface area contributed by atoms with Crippen LogP contribution in [0.3, 0.4) is 0 Å².